The Morgan fingerprint density at radius 1 is 1.18 bits per heavy atom. The molecule has 0 aliphatic rings. The first-order valence-corrected chi connectivity index (χ1v) is 8.51. The smallest absolute Gasteiger partial charge is 0.252 e. The average molecular weight is 376 g/mol. The summed E-state index contributed by atoms with van der Waals surface area (Å²) >= 11 is 4.95. The van der Waals surface area contributed by atoms with Crippen molar-refractivity contribution in [3.8, 4) is 0 Å². The summed E-state index contributed by atoms with van der Waals surface area (Å²) in [5.41, 5.74) is 1.41. The molecule has 22 heavy (non-hydrogen) atoms. The van der Waals surface area contributed by atoms with Crippen LogP contribution in [0.25, 0.3) is 10.1 Å². The summed E-state index contributed by atoms with van der Waals surface area (Å²) in [6, 6.07) is 15.2. The molecule has 1 heterocycles. The van der Waals surface area contributed by atoms with Crippen molar-refractivity contribution in [1.82, 2.24) is 5.32 Å². The summed E-state index contributed by atoms with van der Waals surface area (Å²) in [6.45, 7) is 0.181. The number of nitrogens with one attached hydrogen (secondary N) is 1. The van der Waals surface area contributed by atoms with Crippen molar-refractivity contribution >= 4 is 43.3 Å². The zero-order chi connectivity index (χ0) is 15.5. The van der Waals surface area contributed by atoms with Crippen LogP contribution in [0, 0.1) is 0 Å². The van der Waals surface area contributed by atoms with Crippen molar-refractivity contribution in [3.63, 3.8) is 0 Å². The van der Waals surface area contributed by atoms with E-state index in [1.54, 1.807) is 17.4 Å². The van der Waals surface area contributed by atoms with E-state index in [2.05, 4.69) is 21.2 Å². The van der Waals surface area contributed by atoms with E-state index < -0.39 is 6.10 Å². The van der Waals surface area contributed by atoms with Crippen LogP contribution in [0.4, 0.5) is 0 Å². The second-order valence-electron chi connectivity index (χ2n) is 4.89. The summed E-state index contributed by atoms with van der Waals surface area (Å²) in [7, 11) is 0. The van der Waals surface area contributed by atoms with Gasteiger partial charge in [0.05, 0.1) is 11.7 Å². The van der Waals surface area contributed by atoms with E-state index in [0.29, 0.717) is 5.56 Å². The first kappa shape index (κ1) is 15.2. The lowest BCUT2D eigenvalue weighted by molar-refractivity contribution is 0.0916. The topological polar surface area (TPSA) is 49.3 Å². The average Bonchev–Trinajstić information content (AvgIpc) is 2.97. The fourth-order valence-electron chi connectivity index (χ4n) is 2.30. The molecule has 1 atom stereocenters. The molecule has 3 nitrogen and oxygen atoms in total. The van der Waals surface area contributed by atoms with Crippen LogP contribution in [0.15, 0.2) is 58.4 Å². The summed E-state index contributed by atoms with van der Waals surface area (Å²) in [4.78, 5) is 12.2. The molecule has 3 aromatic rings. The third kappa shape index (κ3) is 3.06. The van der Waals surface area contributed by atoms with Crippen LogP contribution in [0.5, 0.6) is 0 Å². The molecule has 0 saturated carbocycles. The molecule has 0 spiro atoms. The van der Waals surface area contributed by atoms with Gasteiger partial charge in [-0.2, -0.15) is 0 Å². The Labute approximate surface area is 140 Å². The van der Waals surface area contributed by atoms with E-state index in [1.165, 1.54) is 0 Å². The molecule has 0 bridgehead atoms. The molecule has 0 aliphatic carbocycles. The Morgan fingerprint density at radius 2 is 1.91 bits per heavy atom. The highest BCUT2D eigenvalue weighted by atomic mass is 79.9. The molecule has 0 aliphatic heterocycles. The second kappa shape index (κ2) is 6.60. The molecule has 3 rings (SSSR count). The van der Waals surface area contributed by atoms with E-state index in [4.69, 9.17) is 0 Å². The molecule has 0 fully saturated rings. The number of hydrogen-bond donors (Lipinski definition) is 2. The fourth-order valence-corrected chi connectivity index (χ4v) is 3.77. The zero-order valence-corrected chi connectivity index (χ0v) is 14.0. The standard InChI is InChI=1S/C17H14BrNO2S/c18-14-7-3-1-6-12(14)17(21)19-9-15(20)13-10-22-16-8-4-2-5-11(13)16/h1-8,10,15,20H,9H2,(H,19,21)/t15-/m1/s1. The summed E-state index contributed by atoms with van der Waals surface area (Å²) in [5.74, 6) is -0.203. The van der Waals surface area contributed by atoms with Crippen LogP contribution in [0.3, 0.4) is 0 Å². The Morgan fingerprint density at radius 3 is 2.73 bits per heavy atom. The van der Waals surface area contributed by atoms with Crippen LogP contribution < -0.4 is 5.32 Å². The van der Waals surface area contributed by atoms with Gasteiger partial charge in [-0.3, -0.25) is 4.79 Å². The number of thiophene rings is 1. The van der Waals surface area contributed by atoms with Crippen LogP contribution in [-0.2, 0) is 0 Å². The summed E-state index contributed by atoms with van der Waals surface area (Å²) in [6.07, 6.45) is -0.720. The van der Waals surface area contributed by atoms with Gasteiger partial charge in [0.15, 0.2) is 0 Å². The number of halogens is 1. The van der Waals surface area contributed by atoms with Crippen molar-refractivity contribution in [1.29, 1.82) is 0 Å². The number of carbonyl (C=O) groups is 1. The van der Waals surface area contributed by atoms with Gasteiger partial charge in [-0.15, -0.1) is 11.3 Å². The van der Waals surface area contributed by atoms with Gasteiger partial charge < -0.3 is 10.4 Å². The lowest BCUT2D eigenvalue weighted by Gasteiger charge is -2.12. The number of hydrogen-bond acceptors (Lipinski definition) is 3. The normalized spacial score (nSPS) is 12.3. The molecule has 1 aromatic heterocycles. The number of aliphatic hydroxyl groups excluding tert-OH is 1. The van der Waals surface area contributed by atoms with E-state index in [0.717, 1.165) is 20.1 Å². The van der Waals surface area contributed by atoms with Crippen LogP contribution in [0.1, 0.15) is 22.0 Å². The lowest BCUT2D eigenvalue weighted by Crippen LogP contribution is -2.28. The van der Waals surface area contributed by atoms with Crippen molar-refractivity contribution in [2.75, 3.05) is 6.54 Å². The van der Waals surface area contributed by atoms with E-state index in [1.807, 2.05) is 47.8 Å². The van der Waals surface area contributed by atoms with Crippen molar-refractivity contribution in [2.24, 2.45) is 0 Å². The SMILES string of the molecule is O=C(NC[C@@H](O)c1csc2ccccc12)c1ccccc1Br. The molecule has 1 amide bonds. The van der Waals surface area contributed by atoms with Crippen molar-refractivity contribution in [2.45, 2.75) is 6.10 Å². The molecule has 2 N–H and O–H groups in total. The highest BCUT2D eigenvalue weighted by Gasteiger charge is 2.15. The van der Waals surface area contributed by atoms with Crippen LogP contribution in [-0.4, -0.2) is 17.6 Å². The van der Waals surface area contributed by atoms with Crippen molar-refractivity contribution < 1.29 is 9.90 Å². The Bertz CT molecular complexity index is 815. The Balaban J connectivity index is 1.71. The first-order chi connectivity index (χ1) is 10.7. The number of carbonyl (C=O) groups excluding carboxylic acids is 1. The molecule has 0 saturated heterocycles. The third-order valence-electron chi connectivity index (χ3n) is 3.44. The van der Waals surface area contributed by atoms with Gasteiger partial charge >= 0.3 is 0 Å². The minimum absolute atomic E-state index is 0.181. The van der Waals surface area contributed by atoms with Gasteiger partial charge in [0.1, 0.15) is 0 Å². The largest absolute Gasteiger partial charge is 0.387 e. The predicted octanol–water partition coefficient (Wildman–Crippen LogP) is 4.13. The number of amides is 1. The number of benzene rings is 2. The minimum atomic E-state index is -0.720. The quantitative estimate of drug-likeness (QED) is 0.720. The maximum atomic E-state index is 12.2. The molecule has 5 heteroatoms. The van der Waals surface area contributed by atoms with Gasteiger partial charge in [-0.25, -0.2) is 0 Å². The molecule has 0 radical (unpaired) electrons. The van der Waals surface area contributed by atoms with E-state index in [9.17, 15) is 9.90 Å². The maximum Gasteiger partial charge on any atom is 0.252 e. The summed E-state index contributed by atoms with van der Waals surface area (Å²) in [5, 5.41) is 16.1. The maximum absolute atomic E-state index is 12.2. The monoisotopic (exact) mass is 375 g/mol. The van der Waals surface area contributed by atoms with E-state index >= 15 is 0 Å². The summed E-state index contributed by atoms with van der Waals surface area (Å²) < 4.78 is 1.87. The Hall–Kier alpha value is -1.69. The highest BCUT2D eigenvalue weighted by molar-refractivity contribution is 9.10. The lowest BCUT2D eigenvalue weighted by atomic mass is 10.1. The van der Waals surface area contributed by atoms with Crippen LogP contribution >= 0.6 is 27.3 Å². The number of rotatable bonds is 4. The van der Waals surface area contributed by atoms with Gasteiger partial charge in [0.2, 0.25) is 0 Å². The highest BCUT2D eigenvalue weighted by Crippen LogP contribution is 2.29. The van der Waals surface area contributed by atoms with Gasteiger partial charge in [0, 0.05) is 21.3 Å². The fraction of sp³-hybridized carbons (Fsp3) is 0.118. The zero-order valence-electron chi connectivity index (χ0n) is 11.6. The van der Waals surface area contributed by atoms with Crippen molar-refractivity contribution in [3.05, 3.63) is 69.5 Å². The predicted molar refractivity (Wildman–Crippen MR) is 93.3 cm³/mol. The molecule has 2 aromatic carbocycles. The number of aliphatic hydroxyl groups is 1. The molecule has 0 unspecified atom stereocenters. The minimum Gasteiger partial charge on any atom is -0.387 e. The van der Waals surface area contributed by atoms with Crippen LogP contribution in [0.2, 0.25) is 0 Å². The van der Waals surface area contributed by atoms with Gasteiger partial charge in [0.25, 0.3) is 5.91 Å². The van der Waals surface area contributed by atoms with Gasteiger partial charge in [-0.1, -0.05) is 30.3 Å². The third-order valence-corrected chi connectivity index (χ3v) is 5.12. The molecule has 112 valence electrons. The second-order valence-corrected chi connectivity index (χ2v) is 6.66. The van der Waals surface area contributed by atoms with Gasteiger partial charge in [-0.05, 0) is 44.9 Å². The molecular formula is C17H14BrNO2S. The number of fused-ring (bicyclic) bond motifs is 1. The van der Waals surface area contributed by atoms with E-state index in [-0.39, 0.29) is 12.5 Å². The Kier molecular flexibility index (Phi) is 4.57. The molecular weight excluding hydrogens is 362 g/mol. The first-order valence-electron chi connectivity index (χ1n) is 6.83.